The molecule has 0 unspecified atom stereocenters. The molecule has 1 aliphatic heterocycles. The minimum atomic E-state index is 0.0814. The van der Waals surface area contributed by atoms with Gasteiger partial charge in [-0.05, 0) is 32.0 Å². The van der Waals surface area contributed by atoms with Crippen LogP contribution in [0.2, 0.25) is 0 Å². The summed E-state index contributed by atoms with van der Waals surface area (Å²) >= 11 is 0. The van der Waals surface area contributed by atoms with Crippen LogP contribution >= 0.6 is 0 Å². The number of hydrogen-bond acceptors (Lipinski definition) is 4. The standard InChI is InChI=1S/C19H29N3O3/c1-16-7-4-5-8-18(16)25-14-6-9-20(3)15-19(24)22-12-10-21(11-13-22)17(2)23/h4-5,7-8H,6,9-15H2,1-3H3. The van der Waals surface area contributed by atoms with E-state index in [0.29, 0.717) is 39.3 Å². The molecule has 0 aromatic heterocycles. The number of para-hydroxylation sites is 1. The molecule has 6 heteroatoms. The SMILES string of the molecule is CC(=O)N1CCN(C(=O)CN(C)CCCOc2ccccc2C)CC1. The van der Waals surface area contributed by atoms with E-state index in [1.165, 1.54) is 0 Å². The lowest BCUT2D eigenvalue weighted by Crippen LogP contribution is -2.52. The Balaban J connectivity index is 1.63. The monoisotopic (exact) mass is 347 g/mol. The molecule has 1 fully saturated rings. The lowest BCUT2D eigenvalue weighted by molar-refractivity contribution is -0.139. The molecule has 2 rings (SSSR count). The number of ether oxygens (including phenoxy) is 1. The number of carbonyl (C=O) groups excluding carboxylic acids is 2. The molecule has 0 spiro atoms. The molecule has 138 valence electrons. The average Bonchev–Trinajstić information content (AvgIpc) is 2.60. The Morgan fingerprint density at radius 3 is 2.40 bits per heavy atom. The van der Waals surface area contributed by atoms with Crippen LogP contribution in [0.15, 0.2) is 24.3 Å². The van der Waals surface area contributed by atoms with Gasteiger partial charge in [0, 0.05) is 39.6 Å². The predicted octanol–water partition coefficient (Wildman–Crippen LogP) is 1.39. The summed E-state index contributed by atoms with van der Waals surface area (Å²) in [6.45, 7) is 7.99. The Kier molecular flexibility index (Phi) is 7.25. The van der Waals surface area contributed by atoms with Gasteiger partial charge in [-0.2, -0.15) is 0 Å². The number of hydrogen-bond donors (Lipinski definition) is 0. The number of aryl methyl sites for hydroxylation is 1. The largest absolute Gasteiger partial charge is 0.493 e. The van der Waals surface area contributed by atoms with E-state index in [4.69, 9.17) is 4.74 Å². The fraction of sp³-hybridized carbons (Fsp3) is 0.579. The van der Waals surface area contributed by atoms with Crippen molar-refractivity contribution in [3.63, 3.8) is 0 Å². The van der Waals surface area contributed by atoms with Crippen molar-refractivity contribution in [2.45, 2.75) is 20.3 Å². The molecule has 0 N–H and O–H groups in total. The summed E-state index contributed by atoms with van der Waals surface area (Å²) in [6, 6.07) is 7.98. The van der Waals surface area contributed by atoms with Gasteiger partial charge in [0.25, 0.3) is 0 Å². The lowest BCUT2D eigenvalue weighted by atomic mass is 10.2. The molecule has 0 radical (unpaired) electrons. The van der Waals surface area contributed by atoms with Crippen LogP contribution in [0, 0.1) is 6.92 Å². The second kappa shape index (κ2) is 9.42. The molecule has 1 heterocycles. The van der Waals surface area contributed by atoms with Crippen molar-refractivity contribution in [1.29, 1.82) is 0 Å². The smallest absolute Gasteiger partial charge is 0.236 e. The van der Waals surface area contributed by atoms with Crippen LogP contribution in [0.25, 0.3) is 0 Å². The maximum absolute atomic E-state index is 12.3. The van der Waals surface area contributed by atoms with Crippen LogP contribution < -0.4 is 4.74 Å². The first kappa shape index (κ1) is 19.2. The number of piperazine rings is 1. The minimum Gasteiger partial charge on any atom is -0.493 e. The van der Waals surface area contributed by atoms with Gasteiger partial charge >= 0.3 is 0 Å². The second-order valence-corrected chi connectivity index (χ2v) is 6.59. The first-order valence-electron chi connectivity index (χ1n) is 8.87. The average molecular weight is 347 g/mol. The van der Waals surface area contributed by atoms with Gasteiger partial charge in [0.05, 0.1) is 13.2 Å². The quantitative estimate of drug-likeness (QED) is 0.700. The van der Waals surface area contributed by atoms with Gasteiger partial charge in [-0.15, -0.1) is 0 Å². The molecular formula is C19H29N3O3. The van der Waals surface area contributed by atoms with Crippen LogP contribution in [0.4, 0.5) is 0 Å². The number of benzene rings is 1. The van der Waals surface area contributed by atoms with E-state index in [1.807, 2.05) is 48.0 Å². The van der Waals surface area contributed by atoms with Crippen molar-refractivity contribution in [2.75, 3.05) is 52.9 Å². The summed E-state index contributed by atoms with van der Waals surface area (Å²) in [7, 11) is 1.96. The van der Waals surface area contributed by atoms with E-state index in [2.05, 4.69) is 0 Å². The molecule has 1 aliphatic rings. The Morgan fingerprint density at radius 2 is 1.76 bits per heavy atom. The fourth-order valence-corrected chi connectivity index (χ4v) is 2.92. The zero-order chi connectivity index (χ0) is 18.2. The maximum atomic E-state index is 12.3. The minimum absolute atomic E-state index is 0.0814. The molecule has 1 saturated heterocycles. The highest BCUT2D eigenvalue weighted by molar-refractivity contribution is 5.79. The van der Waals surface area contributed by atoms with E-state index in [9.17, 15) is 9.59 Å². The van der Waals surface area contributed by atoms with E-state index in [1.54, 1.807) is 11.8 Å². The maximum Gasteiger partial charge on any atom is 0.236 e. The summed E-state index contributed by atoms with van der Waals surface area (Å²) in [4.78, 5) is 29.3. The van der Waals surface area contributed by atoms with Crippen LogP contribution in [-0.4, -0.2) is 79.4 Å². The number of amides is 2. The zero-order valence-electron chi connectivity index (χ0n) is 15.5. The van der Waals surface area contributed by atoms with E-state index < -0.39 is 0 Å². The Hall–Kier alpha value is -2.08. The van der Waals surface area contributed by atoms with Crippen LogP contribution in [0.1, 0.15) is 18.9 Å². The highest BCUT2D eigenvalue weighted by Gasteiger charge is 2.22. The van der Waals surface area contributed by atoms with Crippen molar-refractivity contribution in [3.8, 4) is 5.75 Å². The van der Waals surface area contributed by atoms with E-state index in [0.717, 1.165) is 24.3 Å². The van der Waals surface area contributed by atoms with Gasteiger partial charge in [0.15, 0.2) is 0 Å². The van der Waals surface area contributed by atoms with Gasteiger partial charge in [-0.1, -0.05) is 18.2 Å². The number of nitrogens with zero attached hydrogens (tertiary/aromatic N) is 3. The van der Waals surface area contributed by atoms with Crippen molar-refractivity contribution < 1.29 is 14.3 Å². The second-order valence-electron chi connectivity index (χ2n) is 6.59. The Labute approximate surface area is 150 Å². The molecule has 6 nitrogen and oxygen atoms in total. The summed E-state index contributed by atoms with van der Waals surface area (Å²) in [5, 5.41) is 0. The van der Waals surface area contributed by atoms with Gasteiger partial charge in [-0.3, -0.25) is 14.5 Å². The molecule has 0 saturated carbocycles. The van der Waals surface area contributed by atoms with E-state index in [-0.39, 0.29) is 11.8 Å². The first-order chi connectivity index (χ1) is 12.0. The molecule has 0 atom stereocenters. The summed E-state index contributed by atoms with van der Waals surface area (Å²) in [5.74, 6) is 1.13. The van der Waals surface area contributed by atoms with E-state index >= 15 is 0 Å². The van der Waals surface area contributed by atoms with Gasteiger partial charge in [0.1, 0.15) is 5.75 Å². The first-order valence-corrected chi connectivity index (χ1v) is 8.87. The highest BCUT2D eigenvalue weighted by Crippen LogP contribution is 2.16. The number of carbonyl (C=O) groups is 2. The third-order valence-corrected chi connectivity index (χ3v) is 4.52. The molecule has 1 aromatic rings. The summed E-state index contributed by atoms with van der Waals surface area (Å²) in [5.41, 5.74) is 1.13. The Bertz CT molecular complexity index is 583. The van der Waals surface area contributed by atoms with Crippen molar-refractivity contribution in [1.82, 2.24) is 14.7 Å². The zero-order valence-corrected chi connectivity index (χ0v) is 15.5. The van der Waals surface area contributed by atoms with Gasteiger partial charge < -0.3 is 14.5 Å². The third-order valence-electron chi connectivity index (χ3n) is 4.52. The van der Waals surface area contributed by atoms with Crippen molar-refractivity contribution >= 4 is 11.8 Å². The normalized spacial score (nSPS) is 14.7. The highest BCUT2D eigenvalue weighted by atomic mass is 16.5. The lowest BCUT2D eigenvalue weighted by Gasteiger charge is -2.35. The van der Waals surface area contributed by atoms with Crippen LogP contribution in [-0.2, 0) is 9.59 Å². The molecular weight excluding hydrogens is 318 g/mol. The number of likely N-dealkylation sites (N-methyl/N-ethyl adjacent to an activating group) is 1. The molecule has 1 aromatic carbocycles. The number of rotatable bonds is 7. The third kappa shape index (κ3) is 6.05. The van der Waals surface area contributed by atoms with Gasteiger partial charge in [0.2, 0.25) is 11.8 Å². The molecule has 2 amide bonds. The molecule has 0 aliphatic carbocycles. The van der Waals surface area contributed by atoms with Gasteiger partial charge in [-0.25, -0.2) is 0 Å². The van der Waals surface area contributed by atoms with Crippen molar-refractivity contribution in [3.05, 3.63) is 29.8 Å². The van der Waals surface area contributed by atoms with Crippen LogP contribution in [0.5, 0.6) is 5.75 Å². The predicted molar refractivity (Wildman–Crippen MR) is 97.6 cm³/mol. The summed E-state index contributed by atoms with van der Waals surface area (Å²) in [6.07, 6.45) is 0.871. The Morgan fingerprint density at radius 1 is 1.12 bits per heavy atom. The molecule has 25 heavy (non-hydrogen) atoms. The van der Waals surface area contributed by atoms with Crippen molar-refractivity contribution in [2.24, 2.45) is 0 Å². The van der Waals surface area contributed by atoms with Crippen LogP contribution in [0.3, 0.4) is 0 Å². The summed E-state index contributed by atoms with van der Waals surface area (Å²) < 4.78 is 5.78. The fourth-order valence-electron chi connectivity index (χ4n) is 2.92. The topological polar surface area (TPSA) is 53.1 Å². The molecule has 0 bridgehead atoms.